The Bertz CT molecular complexity index is 724. The zero-order valence-electron chi connectivity index (χ0n) is 15.2. The minimum absolute atomic E-state index is 0.481. The number of methoxy groups -OCH3 is 2. The van der Waals surface area contributed by atoms with Gasteiger partial charge in [-0.2, -0.15) is 0 Å². The molecule has 0 radical (unpaired) electrons. The topological polar surface area (TPSA) is 71.5 Å². The first-order chi connectivity index (χ1) is 11.9. The third kappa shape index (κ3) is 5.37. The molecule has 0 spiro atoms. The molecule has 1 aromatic heterocycles. The molecule has 2 N–H and O–H groups in total. The third-order valence-electron chi connectivity index (χ3n) is 3.44. The largest absolute Gasteiger partial charge is 0.495 e. The number of aryl methyl sites for hydroxylation is 1. The highest BCUT2D eigenvalue weighted by molar-refractivity contribution is 6.32. The smallest absolute Gasteiger partial charge is 0.144 e. The lowest BCUT2D eigenvalue weighted by Crippen LogP contribution is -2.21. The number of hydrogen-bond donors (Lipinski definition) is 2. The van der Waals surface area contributed by atoms with Crippen LogP contribution in [0.15, 0.2) is 18.2 Å². The zero-order chi connectivity index (χ0) is 18.4. The van der Waals surface area contributed by atoms with Crippen molar-refractivity contribution in [2.24, 2.45) is 0 Å². The highest BCUT2D eigenvalue weighted by Crippen LogP contribution is 2.37. The molecule has 8 heteroatoms. The van der Waals surface area contributed by atoms with Crippen LogP contribution in [0.4, 0.5) is 17.3 Å². The molecule has 0 unspecified atom stereocenters. The van der Waals surface area contributed by atoms with Gasteiger partial charge in [-0.1, -0.05) is 11.6 Å². The van der Waals surface area contributed by atoms with Gasteiger partial charge in [-0.25, -0.2) is 9.97 Å². The summed E-state index contributed by atoms with van der Waals surface area (Å²) < 4.78 is 10.7. The Balaban J connectivity index is 2.23. The molecule has 1 heterocycles. The van der Waals surface area contributed by atoms with Gasteiger partial charge in [0.1, 0.15) is 29.0 Å². The Labute approximate surface area is 153 Å². The van der Waals surface area contributed by atoms with Gasteiger partial charge in [-0.15, -0.1) is 0 Å². The lowest BCUT2D eigenvalue weighted by atomic mass is 10.2. The summed E-state index contributed by atoms with van der Waals surface area (Å²) in [7, 11) is 7.21. The Morgan fingerprint density at radius 3 is 2.36 bits per heavy atom. The molecule has 2 aromatic rings. The fraction of sp³-hybridized carbons (Fsp3) is 0.412. The molecular formula is C17H24ClN5O2. The first-order valence-electron chi connectivity index (χ1n) is 7.85. The quantitative estimate of drug-likeness (QED) is 0.744. The molecule has 0 aliphatic rings. The number of anilines is 3. The van der Waals surface area contributed by atoms with Gasteiger partial charge in [0, 0.05) is 31.3 Å². The number of likely N-dealkylation sites (N-methyl/N-ethyl adjacent to an activating group) is 1. The van der Waals surface area contributed by atoms with E-state index in [1.54, 1.807) is 26.4 Å². The average Bonchev–Trinajstić information content (AvgIpc) is 2.55. The normalized spacial score (nSPS) is 10.7. The van der Waals surface area contributed by atoms with Crippen LogP contribution in [0.3, 0.4) is 0 Å². The number of aromatic nitrogens is 2. The zero-order valence-corrected chi connectivity index (χ0v) is 15.9. The minimum Gasteiger partial charge on any atom is -0.495 e. The summed E-state index contributed by atoms with van der Waals surface area (Å²) in [5.74, 6) is 3.24. The molecule has 25 heavy (non-hydrogen) atoms. The molecule has 0 bridgehead atoms. The summed E-state index contributed by atoms with van der Waals surface area (Å²) in [4.78, 5) is 10.9. The van der Waals surface area contributed by atoms with Gasteiger partial charge in [-0.05, 0) is 21.0 Å². The van der Waals surface area contributed by atoms with E-state index in [-0.39, 0.29) is 0 Å². The number of nitrogens with zero attached hydrogens (tertiary/aromatic N) is 3. The van der Waals surface area contributed by atoms with Crippen LogP contribution in [0.1, 0.15) is 5.82 Å². The van der Waals surface area contributed by atoms with Crippen molar-refractivity contribution in [2.75, 3.05) is 52.0 Å². The summed E-state index contributed by atoms with van der Waals surface area (Å²) in [6.07, 6.45) is 0. The maximum Gasteiger partial charge on any atom is 0.144 e. The van der Waals surface area contributed by atoms with Crippen LogP contribution in [-0.2, 0) is 0 Å². The monoisotopic (exact) mass is 365 g/mol. The molecule has 1 aromatic carbocycles. The van der Waals surface area contributed by atoms with Crippen molar-refractivity contribution in [3.63, 3.8) is 0 Å². The lowest BCUT2D eigenvalue weighted by molar-refractivity contribution is 0.405. The third-order valence-corrected chi connectivity index (χ3v) is 3.74. The van der Waals surface area contributed by atoms with Crippen LogP contribution in [0.25, 0.3) is 0 Å². The van der Waals surface area contributed by atoms with E-state index in [2.05, 4.69) is 25.5 Å². The van der Waals surface area contributed by atoms with Gasteiger partial charge in [0.25, 0.3) is 0 Å². The number of halogens is 1. The van der Waals surface area contributed by atoms with Gasteiger partial charge in [0.05, 0.1) is 24.9 Å². The molecule has 0 atom stereocenters. The Morgan fingerprint density at radius 2 is 1.72 bits per heavy atom. The molecule has 136 valence electrons. The number of hydrogen-bond acceptors (Lipinski definition) is 7. The molecule has 0 saturated heterocycles. The van der Waals surface area contributed by atoms with E-state index in [9.17, 15) is 0 Å². The second-order valence-corrected chi connectivity index (χ2v) is 6.13. The standard InChI is InChI=1S/C17H24ClN5O2/c1-11-20-16(19-6-7-23(2)3)10-17(21-11)22-13-9-14(24-4)12(18)8-15(13)25-5/h8-10H,6-7H2,1-5H3,(H2,19,20,21,22). The van der Waals surface area contributed by atoms with E-state index in [0.717, 1.165) is 18.9 Å². The molecule has 0 aliphatic heterocycles. The van der Waals surface area contributed by atoms with E-state index in [0.29, 0.717) is 33.9 Å². The van der Waals surface area contributed by atoms with Crippen molar-refractivity contribution < 1.29 is 9.47 Å². The molecular weight excluding hydrogens is 342 g/mol. The van der Waals surface area contributed by atoms with Crippen molar-refractivity contribution in [1.29, 1.82) is 0 Å². The fourth-order valence-electron chi connectivity index (χ4n) is 2.23. The van der Waals surface area contributed by atoms with Gasteiger partial charge < -0.3 is 25.0 Å². The first kappa shape index (κ1) is 19.1. The molecule has 0 fully saturated rings. The van der Waals surface area contributed by atoms with Crippen LogP contribution < -0.4 is 20.1 Å². The summed E-state index contributed by atoms with van der Waals surface area (Å²) in [6.45, 7) is 3.55. The highest BCUT2D eigenvalue weighted by atomic mass is 35.5. The lowest BCUT2D eigenvalue weighted by Gasteiger charge is -2.15. The summed E-state index contributed by atoms with van der Waals surface area (Å²) in [5.41, 5.74) is 0.709. The Hall–Kier alpha value is -2.25. The predicted molar refractivity (Wildman–Crippen MR) is 102 cm³/mol. The van der Waals surface area contributed by atoms with Crippen LogP contribution in [-0.4, -0.2) is 56.3 Å². The summed E-state index contributed by atoms with van der Waals surface area (Å²) in [5, 5.41) is 7.02. The van der Waals surface area contributed by atoms with Crippen molar-refractivity contribution >= 4 is 28.9 Å². The number of benzene rings is 1. The number of ether oxygens (including phenoxy) is 2. The van der Waals surface area contributed by atoms with Crippen molar-refractivity contribution in [1.82, 2.24) is 14.9 Å². The maximum atomic E-state index is 6.14. The first-order valence-corrected chi connectivity index (χ1v) is 8.23. The van der Waals surface area contributed by atoms with Gasteiger partial charge >= 0.3 is 0 Å². The van der Waals surface area contributed by atoms with E-state index >= 15 is 0 Å². The Morgan fingerprint density at radius 1 is 1.04 bits per heavy atom. The van der Waals surface area contributed by atoms with E-state index < -0.39 is 0 Å². The van der Waals surface area contributed by atoms with E-state index in [1.165, 1.54) is 0 Å². The molecule has 0 aliphatic carbocycles. The SMILES string of the molecule is COc1cc(Nc2cc(NCCN(C)C)nc(C)n2)c(OC)cc1Cl. The second-order valence-electron chi connectivity index (χ2n) is 5.73. The number of rotatable bonds is 8. The minimum atomic E-state index is 0.481. The Kier molecular flexibility index (Phi) is 6.66. The van der Waals surface area contributed by atoms with Crippen molar-refractivity contribution in [2.45, 2.75) is 6.92 Å². The summed E-state index contributed by atoms with van der Waals surface area (Å²) >= 11 is 6.14. The predicted octanol–water partition coefficient (Wildman–Crippen LogP) is 3.17. The average molecular weight is 366 g/mol. The number of nitrogens with one attached hydrogen (secondary N) is 2. The maximum absolute atomic E-state index is 6.14. The van der Waals surface area contributed by atoms with E-state index in [4.69, 9.17) is 21.1 Å². The van der Waals surface area contributed by atoms with Crippen molar-refractivity contribution in [3.8, 4) is 11.5 Å². The van der Waals surface area contributed by atoms with Crippen LogP contribution >= 0.6 is 11.6 Å². The van der Waals surface area contributed by atoms with Gasteiger partial charge in [0.2, 0.25) is 0 Å². The summed E-state index contributed by atoms with van der Waals surface area (Å²) in [6, 6.07) is 5.33. The second kappa shape index (κ2) is 8.73. The molecule has 7 nitrogen and oxygen atoms in total. The van der Waals surface area contributed by atoms with E-state index in [1.807, 2.05) is 27.1 Å². The highest BCUT2D eigenvalue weighted by Gasteiger charge is 2.11. The van der Waals surface area contributed by atoms with Gasteiger partial charge in [-0.3, -0.25) is 0 Å². The van der Waals surface area contributed by atoms with Crippen LogP contribution in [0.2, 0.25) is 5.02 Å². The fourth-order valence-corrected chi connectivity index (χ4v) is 2.46. The van der Waals surface area contributed by atoms with Crippen LogP contribution in [0.5, 0.6) is 11.5 Å². The molecule has 2 rings (SSSR count). The van der Waals surface area contributed by atoms with Crippen molar-refractivity contribution in [3.05, 3.63) is 29.0 Å². The molecule has 0 amide bonds. The van der Waals surface area contributed by atoms with Gasteiger partial charge in [0.15, 0.2) is 0 Å². The molecule has 0 saturated carbocycles. The van der Waals surface area contributed by atoms with Crippen LogP contribution in [0, 0.1) is 6.92 Å².